The first-order valence-corrected chi connectivity index (χ1v) is 8.83. The predicted molar refractivity (Wildman–Crippen MR) is 89.2 cm³/mol. The van der Waals surface area contributed by atoms with E-state index in [-0.39, 0.29) is 6.10 Å². The van der Waals surface area contributed by atoms with Crippen molar-refractivity contribution in [3.05, 3.63) is 35.9 Å². The van der Waals surface area contributed by atoms with E-state index < -0.39 is 42.1 Å². The molecule has 3 saturated heterocycles. The van der Waals surface area contributed by atoms with E-state index in [0.717, 1.165) is 0 Å². The second-order valence-electron chi connectivity index (χ2n) is 7.67. The number of carbonyl (C=O) groups excluding carboxylic acids is 1. The lowest BCUT2D eigenvalue weighted by Crippen LogP contribution is -2.40. The first-order chi connectivity index (χ1) is 12.2. The van der Waals surface area contributed by atoms with Crippen LogP contribution in [0.4, 0.5) is 0 Å². The summed E-state index contributed by atoms with van der Waals surface area (Å²) in [5, 5.41) is 0. The van der Waals surface area contributed by atoms with Crippen LogP contribution < -0.4 is 0 Å². The number of carbonyl (C=O) groups is 1. The molecule has 7 heteroatoms. The summed E-state index contributed by atoms with van der Waals surface area (Å²) in [6.07, 6.45) is -2.56. The number of fused-ring (bicyclic) bond motifs is 1. The van der Waals surface area contributed by atoms with Gasteiger partial charge in [-0.05, 0) is 39.8 Å². The Morgan fingerprint density at radius 3 is 2.31 bits per heavy atom. The van der Waals surface area contributed by atoms with Crippen LogP contribution in [-0.4, -0.2) is 54.9 Å². The predicted octanol–water partition coefficient (Wildman–Crippen LogP) is 2.24. The Morgan fingerprint density at radius 2 is 1.65 bits per heavy atom. The van der Waals surface area contributed by atoms with Crippen molar-refractivity contribution >= 4 is 5.97 Å². The summed E-state index contributed by atoms with van der Waals surface area (Å²) in [4.78, 5) is 12.4. The minimum absolute atomic E-state index is 0.324. The van der Waals surface area contributed by atoms with Gasteiger partial charge in [0.05, 0.1) is 12.2 Å². The molecule has 3 fully saturated rings. The van der Waals surface area contributed by atoms with Crippen molar-refractivity contribution in [1.29, 1.82) is 0 Å². The van der Waals surface area contributed by atoms with E-state index in [1.807, 2.05) is 33.8 Å². The van der Waals surface area contributed by atoms with E-state index in [1.54, 1.807) is 24.3 Å². The highest BCUT2D eigenvalue weighted by Gasteiger charge is 2.60. The summed E-state index contributed by atoms with van der Waals surface area (Å²) in [5.74, 6) is -1.94. The first kappa shape index (κ1) is 17.9. The maximum Gasteiger partial charge on any atom is 0.340 e. The molecule has 0 aliphatic carbocycles. The third kappa shape index (κ3) is 3.37. The van der Waals surface area contributed by atoms with E-state index in [0.29, 0.717) is 12.2 Å². The highest BCUT2D eigenvalue weighted by molar-refractivity contribution is 5.89. The fraction of sp³-hybridized carbons (Fsp3) is 0.632. The monoisotopic (exact) mass is 364 g/mol. The highest BCUT2D eigenvalue weighted by atomic mass is 16.8. The zero-order valence-corrected chi connectivity index (χ0v) is 15.3. The molecule has 0 radical (unpaired) electrons. The fourth-order valence-electron chi connectivity index (χ4n) is 3.61. The molecule has 1 aromatic rings. The molecule has 0 bridgehead atoms. The molecule has 4 rings (SSSR count). The lowest BCUT2D eigenvalue weighted by molar-refractivity contribution is -0.235. The molecule has 5 atom stereocenters. The van der Waals surface area contributed by atoms with Gasteiger partial charge in [-0.2, -0.15) is 0 Å². The minimum atomic E-state index is -0.869. The van der Waals surface area contributed by atoms with Gasteiger partial charge in [-0.3, -0.25) is 0 Å². The Labute approximate surface area is 152 Å². The van der Waals surface area contributed by atoms with Crippen LogP contribution in [0.25, 0.3) is 0 Å². The number of hydrogen-bond acceptors (Lipinski definition) is 7. The maximum absolute atomic E-state index is 12.4. The number of hydrogen-bond donors (Lipinski definition) is 0. The molecule has 3 heterocycles. The summed E-state index contributed by atoms with van der Waals surface area (Å²) >= 11 is 0. The molecule has 0 N–H and O–H groups in total. The topological polar surface area (TPSA) is 72.5 Å². The number of esters is 1. The van der Waals surface area contributed by atoms with Crippen molar-refractivity contribution in [3.63, 3.8) is 0 Å². The fourth-order valence-corrected chi connectivity index (χ4v) is 3.61. The third-order valence-electron chi connectivity index (χ3n) is 4.68. The molecule has 0 spiro atoms. The van der Waals surface area contributed by atoms with Crippen molar-refractivity contribution in [2.45, 2.75) is 70.0 Å². The van der Waals surface area contributed by atoms with Crippen LogP contribution in [0, 0.1) is 0 Å². The molecule has 5 unspecified atom stereocenters. The van der Waals surface area contributed by atoms with Crippen LogP contribution in [0.5, 0.6) is 0 Å². The van der Waals surface area contributed by atoms with E-state index >= 15 is 0 Å². The first-order valence-electron chi connectivity index (χ1n) is 8.83. The van der Waals surface area contributed by atoms with E-state index in [2.05, 4.69) is 0 Å². The van der Waals surface area contributed by atoms with E-state index in [4.69, 9.17) is 28.4 Å². The molecule has 142 valence electrons. The van der Waals surface area contributed by atoms with Crippen molar-refractivity contribution in [2.24, 2.45) is 0 Å². The lowest BCUT2D eigenvalue weighted by Gasteiger charge is -2.26. The minimum Gasteiger partial charge on any atom is -0.429 e. The molecule has 3 aliphatic rings. The average molecular weight is 364 g/mol. The molecular formula is C19H24O7. The molecule has 0 amide bonds. The molecule has 0 aromatic heterocycles. The average Bonchev–Trinajstić information content (AvgIpc) is 3.19. The van der Waals surface area contributed by atoms with Crippen LogP contribution in [0.2, 0.25) is 0 Å². The van der Waals surface area contributed by atoms with Gasteiger partial charge in [0.2, 0.25) is 6.29 Å². The van der Waals surface area contributed by atoms with Crippen LogP contribution in [-0.2, 0) is 28.4 Å². The second-order valence-corrected chi connectivity index (χ2v) is 7.67. The normalized spacial score (nSPS) is 37.5. The molecule has 3 aliphatic heterocycles. The van der Waals surface area contributed by atoms with Crippen LogP contribution in [0.1, 0.15) is 38.1 Å². The van der Waals surface area contributed by atoms with Gasteiger partial charge in [0, 0.05) is 0 Å². The third-order valence-corrected chi connectivity index (χ3v) is 4.68. The molecule has 7 nitrogen and oxygen atoms in total. The summed E-state index contributed by atoms with van der Waals surface area (Å²) in [6, 6.07) is 8.78. The van der Waals surface area contributed by atoms with Gasteiger partial charge in [-0.25, -0.2) is 4.79 Å². The lowest BCUT2D eigenvalue weighted by atomic mass is 10.1. The zero-order chi connectivity index (χ0) is 18.5. The summed E-state index contributed by atoms with van der Waals surface area (Å²) in [7, 11) is 0. The Morgan fingerprint density at radius 1 is 0.962 bits per heavy atom. The molecular weight excluding hydrogens is 340 g/mol. The Kier molecular flexibility index (Phi) is 4.32. The Hall–Kier alpha value is -1.51. The quantitative estimate of drug-likeness (QED) is 0.762. The Bertz CT molecular complexity index is 672. The standard InChI is InChI=1S/C19H24O7/c1-18(2)21-10-12(24-18)13-14-15(26-19(3,4)25-14)17(22-13)23-16(20)11-8-6-5-7-9-11/h5-9,12-15,17H,10H2,1-4H3. The Balaban J connectivity index is 1.51. The van der Waals surface area contributed by atoms with Crippen molar-refractivity contribution in [1.82, 2.24) is 0 Å². The van der Waals surface area contributed by atoms with E-state index in [1.165, 1.54) is 0 Å². The van der Waals surface area contributed by atoms with Gasteiger partial charge in [0.15, 0.2) is 17.7 Å². The SMILES string of the molecule is CC1(C)OCC(C2OC(OC(=O)c3ccccc3)C3OC(C)(C)OC23)O1. The number of ether oxygens (including phenoxy) is 6. The second kappa shape index (κ2) is 6.28. The van der Waals surface area contributed by atoms with E-state index in [9.17, 15) is 4.79 Å². The van der Waals surface area contributed by atoms with Crippen molar-refractivity contribution < 1.29 is 33.2 Å². The number of rotatable bonds is 3. The van der Waals surface area contributed by atoms with Crippen LogP contribution >= 0.6 is 0 Å². The van der Waals surface area contributed by atoms with Gasteiger partial charge in [-0.15, -0.1) is 0 Å². The zero-order valence-electron chi connectivity index (χ0n) is 15.3. The summed E-state index contributed by atoms with van der Waals surface area (Å²) in [5.41, 5.74) is 0.454. The van der Waals surface area contributed by atoms with Gasteiger partial charge in [-0.1, -0.05) is 18.2 Å². The largest absolute Gasteiger partial charge is 0.429 e. The highest BCUT2D eigenvalue weighted by Crippen LogP contribution is 2.42. The van der Waals surface area contributed by atoms with Gasteiger partial charge in [0.1, 0.15) is 18.3 Å². The van der Waals surface area contributed by atoms with Gasteiger partial charge in [0.25, 0.3) is 0 Å². The molecule has 26 heavy (non-hydrogen) atoms. The summed E-state index contributed by atoms with van der Waals surface area (Å²) in [6.45, 7) is 7.73. The van der Waals surface area contributed by atoms with Crippen molar-refractivity contribution in [2.75, 3.05) is 6.61 Å². The number of benzene rings is 1. The van der Waals surface area contributed by atoms with Crippen LogP contribution in [0.15, 0.2) is 30.3 Å². The van der Waals surface area contributed by atoms with Gasteiger partial charge >= 0.3 is 5.97 Å². The molecule has 0 saturated carbocycles. The maximum atomic E-state index is 12.4. The molecule has 1 aromatic carbocycles. The smallest absolute Gasteiger partial charge is 0.340 e. The van der Waals surface area contributed by atoms with Crippen molar-refractivity contribution in [3.8, 4) is 0 Å². The summed E-state index contributed by atoms with van der Waals surface area (Å²) < 4.78 is 35.1. The van der Waals surface area contributed by atoms with Gasteiger partial charge < -0.3 is 28.4 Å². The van der Waals surface area contributed by atoms with Crippen LogP contribution in [0.3, 0.4) is 0 Å².